The Bertz CT molecular complexity index is 476. The molecule has 114 valence electrons. The van der Waals surface area contributed by atoms with Crippen molar-refractivity contribution in [3.63, 3.8) is 0 Å². The Morgan fingerprint density at radius 2 is 2.05 bits per heavy atom. The van der Waals surface area contributed by atoms with E-state index in [0.29, 0.717) is 11.6 Å². The molecule has 1 aromatic carbocycles. The summed E-state index contributed by atoms with van der Waals surface area (Å²) in [6.45, 7) is 1.31. The molecule has 21 heavy (non-hydrogen) atoms. The molecule has 0 aliphatic carbocycles. The van der Waals surface area contributed by atoms with Crippen LogP contribution in [-0.2, 0) is 4.79 Å². The Balaban J connectivity index is 1.82. The summed E-state index contributed by atoms with van der Waals surface area (Å²) in [6.07, 6.45) is 3.78. The van der Waals surface area contributed by atoms with Crippen LogP contribution in [0, 0.1) is 0 Å². The average Bonchev–Trinajstić information content (AvgIpc) is 2.93. The van der Waals surface area contributed by atoms with Crippen LogP contribution >= 0.6 is 0 Å². The summed E-state index contributed by atoms with van der Waals surface area (Å²) in [5.74, 6) is -0.619. The highest BCUT2D eigenvalue weighted by Crippen LogP contribution is 2.20. The molecule has 0 radical (unpaired) electrons. The van der Waals surface area contributed by atoms with E-state index in [4.69, 9.17) is 5.11 Å². The lowest BCUT2D eigenvalue weighted by molar-refractivity contribution is -0.121. The number of carbonyl (C=O) groups is 2. The number of aliphatic hydroxyl groups excluding tert-OH is 1. The number of benzene rings is 1. The zero-order valence-corrected chi connectivity index (χ0v) is 12.1. The lowest BCUT2D eigenvalue weighted by Gasteiger charge is -2.23. The summed E-state index contributed by atoms with van der Waals surface area (Å²) in [5.41, 5.74) is 0.490. The Labute approximate surface area is 125 Å². The van der Waals surface area contributed by atoms with Crippen LogP contribution in [0.5, 0.6) is 0 Å². The third kappa shape index (κ3) is 4.65. The van der Waals surface area contributed by atoms with Crippen molar-refractivity contribution in [1.82, 2.24) is 10.2 Å². The summed E-state index contributed by atoms with van der Waals surface area (Å²) in [5, 5.41) is 11.3. The summed E-state index contributed by atoms with van der Waals surface area (Å²) in [6, 6.07) is 9.07. The molecule has 1 atom stereocenters. The Hall–Kier alpha value is -1.72. The predicted molar refractivity (Wildman–Crippen MR) is 79.8 cm³/mol. The molecule has 0 bridgehead atoms. The Morgan fingerprint density at radius 3 is 2.76 bits per heavy atom. The second-order valence-electron chi connectivity index (χ2n) is 5.38. The number of hydrogen-bond donors (Lipinski definition) is 2. The van der Waals surface area contributed by atoms with Crippen molar-refractivity contribution in [2.24, 2.45) is 0 Å². The highest BCUT2D eigenvalue weighted by Gasteiger charge is 2.26. The second kappa shape index (κ2) is 7.90. The van der Waals surface area contributed by atoms with Crippen molar-refractivity contribution in [3.8, 4) is 0 Å². The van der Waals surface area contributed by atoms with Crippen LogP contribution in [0.4, 0.5) is 0 Å². The third-order valence-electron chi connectivity index (χ3n) is 3.83. The van der Waals surface area contributed by atoms with Gasteiger partial charge < -0.3 is 5.11 Å². The molecule has 1 aliphatic rings. The van der Waals surface area contributed by atoms with Gasteiger partial charge in [-0.15, -0.1) is 0 Å². The first kappa shape index (κ1) is 15.7. The summed E-state index contributed by atoms with van der Waals surface area (Å²) in [7, 11) is 0. The van der Waals surface area contributed by atoms with E-state index >= 15 is 0 Å². The molecule has 0 aromatic heterocycles. The molecule has 1 saturated heterocycles. The van der Waals surface area contributed by atoms with Crippen LogP contribution in [0.1, 0.15) is 36.0 Å². The average molecular weight is 290 g/mol. The maximum Gasteiger partial charge on any atom is 0.257 e. The lowest BCUT2D eigenvalue weighted by Crippen LogP contribution is -2.42. The van der Waals surface area contributed by atoms with Crippen LogP contribution in [0.3, 0.4) is 0 Å². The Kier molecular flexibility index (Phi) is 5.90. The van der Waals surface area contributed by atoms with Crippen LogP contribution in [0.2, 0.25) is 0 Å². The molecule has 5 nitrogen and oxygen atoms in total. The smallest absolute Gasteiger partial charge is 0.257 e. The van der Waals surface area contributed by atoms with E-state index in [1.54, 1.807) is 24.3 Å². The van der Waals surface area contributed by atoms with E-state index in [-0.39, 0.29) is 25.0 Å². The largest absolute Gasteiger partial charge is 0.396 e. The van der Waals surface area contributed by atoms with Crippen LogP contribution in [-0.4, -0.2) is 47.6 Å². The highest BCUT2D eigenvalue weighted by atomic mass is 16.3. The topological polar surface area (TPSA) is 69.6 Å². The van der Waals surface area contributed by atoms with Crippen molar-refractivity contribution in [1.29, 1.82) is 0 Å². The Morgan fingerprint density at radius 1 is 1.29 bits per heavy atom. The standard InChI is InChI=1S/C16H22N2O3/c19-11-5-9-14-8-4-10-18(14)12-15(20)17-16(21)13-6-2-1-3-7-13/h1-3,6-7,14,19H,4-5,8-12H2,(H,17,20,21). The van der Waals surface area contributed by atoms with Crippen molar-refractivity contribution in [3.05, 3.63) is 35.9 Å². The third-order valence-corrected chi connectivity index (χ3v) is 3.83. The fourth-order valence-electron chi connectivity index (χ4n) is 2.77. The number of likely N-dealkylation sites (tertiary alicyclic amines) is 1. The molecule has 5 heteroatoms. The number of carbonyl (C=O) groups excluding carboxylic acids is 2. The van der Waals surface area contributed by atoms with E-state index in [0.717, 1.165) is 32.2 Å². The highest BCUT2D eigenvalue weighted by molar-refractivity contribution is 6.05. The first-order chi connectivity index (χ1) is 10.2. The van der Waals surface area contributed by atoms with Gasteiger partial charge in [-0.3, -0.25) is 19.8 Å². The van der Waals surface area contributed by atoms with Gasteiger partial charge in [0.05, 0.1) is 6.54 Å². The molecule has 0 saturated carbocycles. The predicted octanol–water partition coefficient (Wildman–Crippen LogP) is 1.18. The molecular weight excluding hydrogens is 268 g/mol. The SMILES string of the molecule is O=C(CN1CCCC1CCCO)NC(=O)c1ccccc1. The fourth-order valence-corrected chi connectivity index (χ4v) is 2.77. The zero-order valence-electron chi connectivity index (χ0n) is 12.1. The molecule has 0 spiro atoms. The maximum atomic E-state index is 12.0. The monoisotopic (exact) mass is 290 g/mol. The zero-order chi connectivity index (χ0) is 15.1. The fraction of sp³-hybridized carbons (Fsp3) is 0.500. The van der Waals surface area contributed by atoms with Crippen LogP contribution < -0.4 is 5.32 Å². The molecule has 2 rings (SSSR count). The van der Waals surface area contributed by atoms with Gasteiger partial charge in [-0.2, -0.15) is 0 Å². The minimum absolute atomic E-state index is 0.184. The summed E-state index contributed by atoms with van der Waals surface area (Å²) < 4.78 is 0. The number of amides is 2. The van der Waals surface area contributed by atoms with Crippen molar-refractivity contribution in [2.45, 2.75) is 31.7 Å². The molecular formula is C16H22N2O3. The van der Waals surface area contributed by atoms with Gasteiger partial charge in [0, 0.05) is 18.2 Å². The van der Waals surface area contributed by atoms with Gasteiger partial charge in [0.1, 0.15) is 0 Å². The second-order valence-corrected chi connectivity index (χ2v) is 5.38. The van der Waals surface area contributed by atoms with Crippen molar-refractivity contribution in [2.75, 3.05) is 19.7 Å². The van der Waals surface area contributed by atoms with Gasteiger partial charge in [0.15, 0.2) is 0 Å². The van der Waals surface area contributed by atoms with E-state index in [1.807, 2.05) is 6.07 Å². The molecule has 1 heterocycles. The molecule has 1 fully saturated rings. The quantitative estimate of drug-likeness (QED) is 0.825. The van der Waals surface area contributed by atoms with Gasteiger partial charge in [0.25, 0.3) is 5.91 Å². The van der Waals surface area contributed by atoms with E-state index in [1.165, 1.54) is 0 Å². The number of imide groups is 1. The first-order valence-corrected chi connectivity index (χ1v) is 7.45. The van der Waals surface area contributed by atoms with E-state index in [2.05, 4.69) is 10.2 Å². The van der Waals surface area contributed by atoms with E-state index < -0.39 is 0 Å². The number of nitrogens with zero attached hydrogens (tertiary/aromatic N) is 1. The number of rotatable bonds is 6. The molecule has 1 aromatic rings. The number of hydrogen-bond acceptors (Lipinski definition) is 4. The van der Waals surface area contributed by atoms with Gasteiger partial charge in [0.2, 0.25) is 5.91 Å². The minimum atomic E-state index is -0.355. The summed E-state index contributed by atoms with van der Waals surface area (Å²) in [4.78, 5) is 26.0. The van der Waals surface area contributed by atoms with Gasteiger partial charge >= 0.3 is 0 Å². The van der Waals surface area contributed by atoms with Crippen molar-refractivity contribution >= 4 is 11.8 Å². The van der Waals surface area contributed by atoms with Crippen LogP contribution in [0.25, 0.3) is 0 Å². The van der Waals surface area contributed by atoms with E-state index in [9.17, 15) is 9.59 Å². The minimum Gasteiger partial charge on any atom is -0.396 e. The van der Waals surface area contributed by atoms with Crippen LogP contribution in [0.15, 0.2) is 30.3 Å². The lowest BCUT2D eigenvalue weighted by atomic mass is 10.1. The molecule has 2 N–H and O–H groups in total. The number of nitrogens with one attached hydrogen (secondary N) is 1. The number of aliphatic hydroxyl groups is 1. The van der Waals surface area contributed by atoms with Gasteiger partial charge in [-0.25, -0.2) is 0 Å². The van der Waals surface area contributed by atoms with Crippen molar-refractivity contribution < 1.29 is 14.7 Å². The normalized spacial score (nSPS) is 18.6. The first-order valence-electron chi connectivity index (χ1n) is 7.45. The molecule has 1 unspecified atom stereocenters. The summed E-state index contributed by atoms with van der Waals surface area (Å²) >= 11 is 0. The molecule has 1 aliphatic heterocycles. The molecule has 2 amide bonds. The van der Waals surface area contributed by atoms with Gasteiger partial charge in [-0.05, 0) is 44.4 Å². The maximum absolute atomic E-state index is 12.0. The van der Waals surface area contributed by atoms with Gasteiger partial charge in [-0.1, -0.05) is 18.2 Å².